The van der Waals surface area contributed by atoms with Gasteiger partial charge in [-0.3, -0.25) is 0 Å². The van der Waals surface area contributed by atoms with Crippen LogP contribution in [0.5, 0.6) is 0 Å². The van der Waals surface area contributed by atoms with E-state index in [0.29, 0.717) is 4.08 Å². The van der Waals surface area contributed by atoms with Gasteiger partial charge in [0.2, 0.25) is 0 Å². The molecule has 3 heteroatoms. The van der Waals surface area contributed by atoms with E-state index in [1.807, 2.05) is 33.3 Å². The van der Waals surface area contributed by atoms with E-state index < -0.39 is 0 Å². The van der Waals surface area contributed by atoms with Gasteiger partial charge < -0.3 is 0 Å². The van der Waals surface area contributed by atoms with E-state index in [2.05, 4.69) is 26.4 Å². The molecule has 0 radical (unpaired) electrons. The van der Waals surface area contributed by atoms with E-state index in [9.17, 15) is 0 Å². The summed E-state index contributed by atoms with van der Waals surface area (Å²) in [6.45, 7) is 4.53. The molecule has 56 valence electrons. The van der Waals surface area contributed by atoms with Gasteiger partial charge in [-0.05, 0) is 25.9 Å². The minimum absolute atomic E-state index is 0.430. The molecule has 0 bridgehead atoms. The van der Waals surface area contributed by atoms with Crippen molar-refractivity contribution < 1.29 is 0 Å². The third-order valence-corrected chi connectivity index (χ3v) is 5.96. The molecule has 9 heavy (non-hydrogen) atoms. The van der Waals surface area contributed by atoms with Gasteiger partial charge in [0.15, 0.2) is 0 Å². The zero-order chi connectivity index (χ0) is 7.33. The molecule has 0 aromatic carbocycles. The molecular formula is C6H14S3. The lowest BCUT2D eigenvalue weighted by atomic mass is 10.4. The van der Waals surface area contributed by atoms with Crippen molar-refractivity contribution in [3.05, 3.63) is 0 Å². The number of thioether (sulfide) groups is 1. The van der Waals surface area contributed by atoms with Gasteiger partial charge in [0.25, 0.3) is 0 Å². The van der Waals surface area contributed by atoms with Crippen LogP contribution >= 0.6 is 33.3 Å². The normalized spacial score (nSPS) is 17.3. The van der Waals surface area contributed by atoms with Gasteiger partial charge in [-0.25, -0.2) is 0 Å². The van der Waals surface area contributed by atoms with Crippen molar-refractivity contribution in [2.75, 3.05) is 12.5 Å². The van der Waals surface area contributed by atoms with Gasteiger partial charge in [0.05, 0.1) is 4.08 Å². The first-order chi connectivity index (χ1) is 4.18. The van der Waals surface area contributed by atoms with Gasteiger partial charge in [-0.2, -0.15) is 0 Å². The summed E-state index contributed by atoms with van der Waals surface area (Å²) in [5, 5.41) is 0. The van der Waals surface area contributed by atoms with E-state index >= 15 is 0 Å². The molecule has 0 N–H and O–H groups in total. The second-order valence-electron chi connectivity index (χ2n) is 1.94. The Balaban J connectivity index is 3.62. The van der Waals surface area contributed by atoms with E-state index in [0.717, 1.165) is 0 Å². The molecule has 1 atom stereocenters. The van der Waals surface area contributed by atoms with Crippen LogP contribution < -0.4 is 0 Å². The highest BCUT2D eigenvalue weighted by Gasteiger charge is 2.19. The number of rotatable bonds is 4. The Kier molecular flexibility index (Phi) is 5.36. The summed E-state index contributed by atoms with van der Waals surface area (Å²) in [5.41, 5.74) is 0. The smallest absolute Gasteiger partial charge is 0.0680 e. The second-order valence-corrected chi connectivity index (χ2v) is 6.41. The van der Waals surface area contributed by atoms with Crippen molar-refractivity contribution in [3.63, 3.8) is 0 Å². The zero-order valence-electron chi connectivity index (χ0n) is 6.43. The van der Waals surface area contributed by atoms with Crippen molar-refractivity contribution in [3.8, 4) is 0 Å². The zero-order valence-corrected chi connectivity index (χ0v) is 8.88. The van der Waals surface area contributed by atoms with Gasteiger partial charge in [-0.1, -0.05) is 28.5 Å². The van der Waals surface area contributed by atoms with Crippen LogP contribution in [0, 0.1) is 0 Å². The van der Waals surface area contributed by atoms with Gasteiger partial charge >= 0.3 is 0 Å². The highest BCUT2D eigenvalue weighted by atomic mass is 33.1. The summed E-state index contributed by atoms with van der Waals surface area (Å²) in [7, 11) is 3.81. The van der Waals surface area contributed by atoms with E-state index in [-0.39, 0.29) is 0 Å². The molecule has 0 aliphatic heterocycles. The van der Waals surface area contributed by atoms with Crippen LogP contribution in [0.2, 0.25) is 0 Å². The van der Waals surface area contributed by atoms with Gasteiger partial charge in [-0.15, -0.1) is 11.8 Å². The Labute approximate surface area is 70.3 Å². The Morgan fingerprint density at radius 2 is 1.89 bits per heavy atom. The molecule has 0 aliphatic rings. The molecule has 0 aliphatic carbocycles. The summed E-state index contributed by atoms with van der Waals surface area (Å²) in [5.74, 6) is 0. The van der Waals surface area contributed by atoms with Crippen LogP contribution in [0.25, 0.3) is 0 Å². The number of hydrogen-bond donors (Lipinski definition) is 0. The fourth-order valence-corrected chi connectivity index (χ4v) is 4.08. The lowest BCUT2D eigenvalue weighted by molar-refractivity contribution is 0.854. The van der Waals surface area contributed by atoms with Crippen molar-refractivity contribution >= 4 is 33.3 Å². The third-order valence-electron chi connectivity index (χ3n) is 1.33. The quantitative estimate of drug-likeness (QED) is 0.482. The van der Waals surface area contributed by atoms with E-state index in [4.69, 9.17) is 0 Å². The molecule has 0 saturated heterocycles. The molecule has 0 heterocycles. The molecule has 0 fully saturated rings. The largest absolute Gasteiger partial charge is 0.147 e. The molecule has 1 unspecified atom stereocenters. The lowest BCUT2D eigenvalue weighted by Gasteiger charge is -2.22. The molecule has 0 rings (SSSR count). The van der Waals surface area contributed by atoms with Gasteiger partial charge in [0, 0.05) is 0 Å². The van der Waals surface area contributed by atoms with Crippen LogP contribution in [0.1, 0.15) is 20.3 Å². The van der Waals surface area contributed by atoms with Crippen molar-refractivity contribution in [2.24, 2.45) is 0 Å². The van der Waals surface area contributed by atoms with Crippen molar-refractivity contribution in [1.29, 1.82) is 0 Å². The Morgan fingerprint density at radius 3 is 2.00 bits per heavy atom. The molecular weight excluding hydrogens is 168 g/mol. The predicted octanol–water partition coefficient (Wildman–Crippen LogP) is 3.49. The summed E-state index contributed by atoms with van der Waals surface area (Å²) in [4.78, 5) is 0. The SMILES string of the molecule is CCC(C)(SC)SSC. The Morgan fingerprint density at radius 1 is 1.33 bits per heavy atom. The van der Waals surface area contributed by atoms with E-state index in [1.165, 1.54) is 6.42 Å². The maximum absolute atomic E-state index is 2.29. The summed E-state index contributed by atoms with van der Waals surface area (Å²) in [6, 6.07) is 0. The summed E-state index contributed by atoms with van der Waals surface area (Å²) in [6.07, 6.45) is 5.54. The highest BCUT2D eigenvalue weighted by Crippen LogP contribution is 2.43. The van der Waals surface area contributed by atoms with Crippen molar-refractivity contribution in [2.45, 2.75) is 24.3 Å². The molecule has 0 amide bonds. The average Bonchev–Trinajstić information content (AvgIpc) is 1.89. The Hall–Kier alpha value is 1.05. The average molecular weight is 182 g/mol. The first kappa shape index (κ1) is 10.0. The predicted molar refractivity (Wildman–Crippen MR) is 53.3 cm³/mol. The number of hydrogen-bond acceptors (Lipinski definition) is 3. The van der Waals surface area contributed by atoms with Gasteiger partial charge in [0.1, 0.15) is 0 Å². The van der Waals surface area contributed by atoms with Crippen LogP contribution in [-0.2, 0) is 0 Å². The van der Waals surface area contributed by atoms with Crippen molar-refractivity contribution in [1.82, 2.24) is 0 Å². The fourth-order valence-electron chi connectivity index (χ4n) is 0.414. The Bertz CT molecular complexity index is 68.7. The minimum atomic E-state index is 0.430. The molecule has 0 spiro atoms. The standard InChI is InChI=1S/C6H14S3/c1-5-6(2,7-3)9-8-4/h5H2,1-4H3. The first-order valence-corrected chi connectivity index (χ1v) is 6.73. The maximum atomic E-state index is 2.29. The van der Waals surface area contributed by atoms with Crippen LogP contribution in [0.3, 0.4) is 0 Å². The summed E-state index contributed by atoms with van der Waals surface area (Å²) >= 11 is 1.94. The molecule has 0 nitrogen and oxygen atoms in total. The minimum Gasteiger partial charge on any atom is -0.147 e. The monoisotopic (exact) mass is 182 g/mol. The topological polar surface area (TPSA) is 0 Å². The first-order valence-electron chi connectivity index (χ1n) is 2.95. The lowest BCUT2D eigenvalue weighted by Crippen LogP contribution is -2.10. The van der Waals surface area contributed by atoms with Crippen LogP contribution in [0.15, 0.2) is 0 Å². The van der Waals surface area contributed by atoms with E-state index in [1.54, 1.807) is 0 Å². The third kappa shape index (κ3) is 3.68. The van der Waals surface area contributed by atoms with Crippen LogP contribution in [0.4, 0.5) is 0 Å². The maximum Gasteiger partial charge on any atom is 0.0680 e. The molecule has 0 aromatic heterocycles. The second kappa shape index (κ2) is 4.80. The molecule has 0 saturated carbocycles. The highest BCUT2D eigenvalue weighted by molar-refractivity contribution is 8.78. The van der Waals surface area contributed by atoms with Crippen LogP contribution in [-0.4, -0.2) is 16.6 Å². The fraction of sp³-hybridized carbons (Fsp3) is 1.00. The molecule has 0 aromatic rings. The summed E-state index contributed by atoms with van der Waals surface area (Å²) < 4.78 is 0.430.